The lowest BCUT2D eigenvalue weighted by molar-refractivity contribution is 0.184. The molecule has 3 aromatic rings. The highest BCUT2D eigenvalue weighted by atomic mass is 32.1. The number of aromatic amines is 1. The van der Waals surface area contributed by atoms with E-state index in [0.29, 0.717) is 5.92 Å². The molecule has 1 aliphatic heterocycles. The summed E-state index contributed by atoms with van der Waals surface area (Å²) in [5.74, 6) is 2.97. The fourth-order valence-corrected chi connectivity index (χ4v) is 6.36. The number of benzene rings is 1. The predicted molar refractivity (Wildman–Crippen MR) is 124 cm³/mol. The number of thiophene rings is 1. The highest BCUT2D eigenvalue weighted by Gasteiger charge is 2.27. The molecule has 0 radical (unpaired) electrons. The van der Waals surface area contributed by atoms with Gasteiger partial charge in [0, 0.05) is 18.0 Å². The van der Waals surface area contributed by atoms with Crippen LogP contribution in [0.4, 0.5) is 0 Å². The van der Waals surface area contributed by atoms with Crippen LogP contribution in [-0.4, -0.2) is 35.6 Å². The highest BCUT2D eigenvalue weighted by molar-refractivity contribution is 7.18. The summed E-state index contributed by atoms with van der Waals surface area (Å²) in [7, 11) is 3.33. The van der Waals surface area contributed by atoms with Crippen molar-refractivity contribution in [3.63, 3.8) is 0 Å². The number of aromatic nitrogens is 2. The van der Waals surface area contributed by atoms with Crippen LogP contribution in [0.3, 0.4) is 0 Å². The van der Waals surface area contributed by atoms with Gasteiger partial charge in [0.2, 0.25) is 0 Å². The monoisotopic (exact) mass is 439 g/mol. The van der Waals surface area contributed by atoms with Crippen molar-refractivity contribution in [2.45, 2.75) is 52.1 Å². The summed E-state index contributed by atoms with van der Waals surface area (Å²) in [6.45, 7) is 6.11. The van der Waals surface area contributed by atoms with Crippen LogP contribution in [0.5, 0.6) is 11.5 Å². The van der Waals surface area contributed by atoms with E-state index in [2.05, 4.69) is 35.9 Å². The largest absolute Gasteiger partial charge is 0.493 e. The Kier molecular flexibility index (Phi) is 5.26. The number of ether oxygens (including phenoxy) is 2. The van der Waals surface area contributed by atoms with Crippen LogP contribution in [0.25, 0.3) is 10.2 Å². The molecule has 0 saturated carbocycles. The molecule has 2 atom stereocenters. The lowest BCUT2D eigenvalue weighted by atomic mass is 9.89. The second-order valence-electron chi connectivity index (χ2n) is 8.86. The molecule has 0 fully saturated rings. The second-order valence-corrected chi connectivity index (χ2v) is 9.94. The Balaban J connectivity index is 1.45. The third kappa shape index (κ3) is 3.53. The van der Waals surface area contributed by atoms with Gasteiger partial charge in [-0.2, -0.15) is 0 Å². The molecular weight excluding hydrogens is 410 g/mol. The zero-order valence-electron chi connectivity index (χ0n) is 18.6. The van der Waals surface area contributed by atoms with Crippen molar-refractivity contribution < 1.29 is 9.47 Å². The Labute approximate surface area is 186 Å². The molecule has 1 aliphatic carbocycles. The quantitative estimate of drug-likeness (QED) is 0.658. The maximum absolute atomic E-state index is 13.0. The van der Waals surface area contributed by atoms with Crippen LogP contribution < -0.4 is 15.0 Å². The number of rotatable bonds is 4. The van der Waals surface area contributed by atoms with Crippen LogP contribution in [0.2, 0.25) is 0 Å². The van der Waals surface area contributed by atoms with Crippen LogP contribution >= 0.6 is 11.3 Å². The van der Waals surface area contributed by atoms with Crippen molar-refractivity contribution in [2.75, 3.05) is 20.8 Å². The van der Waals surface area contributed by atoms with E-state index in [-0.39, 0.29) is 11.6 Å². The molecule has 0 saturated heterocycles. The average Bonchev–Trinajstić information content (AvgIpc) is 3.14. The first-order valence-electron chi connectivity index (χ1n) is 11.0. The van der Waals surface area contributed by atoms with Crippen LogP contribution in [0, 0.1) is 5.92 Å². The number of H-pyrrole nitrogens is 1. The van der Waals surface area contributed by atoms with E-state index in [9.17, 15) is 4.79 Å². The normalized spacial score (nSPS) is 19.7. The van der Waals surface area contributed by atoms with E-state index in [1.165, 1.54) is 21.6 Å². The highest BCUT2D eigenvalue weighted by Crippen LogP contribution is 2.37. The molecule has 31 heavy (non-hydrogen) atoms. The number of fused-ring (bicyclic) bond motifs is 4. The second kappa shape index (κ2) is 7.95. The summed E-state index contributed by atoms with van der Waals surface area (Å²) >= 11 is 1.71. The van der Waals surface area contributed by atoms with E-state index in [1.807, 2.05) is 0 Å². The summed E-state index contributed by atoms with van der Waals surface area (Å²) in [5.41, 5.74) is 3.78. The lowest BCUT2D eigenvalue weighted by Crippen LogP contribution is -2.34. The summed E-state index contributed by atoms with van der Waals surface area (Å²) in [5, 5.41) is 0.823. The lowest BCUT2D eigenvalue weighted by Gasteiger charge is -2.33. The van der Waals surface area contributed by atoms with E-state index in [1.54, 1.807) is 25.6 Å². The van der Waals surface area contributed by atoms with Crippen LogP contribution in [0.15, 0.2) is 16.9 Å². The zero-order chi connectivity index (χ0) is 21.7. The van der Waals surface area contributed by atoms with Gasteiger partial charge in [-0.3, -0.25) is 9.69 Å². The first-order chi connectivity index (χ1) is 15.0. The van der Waals surface area contributed by atoms with E-state index in [0.717, 1.165) is 66.3 Å². The summed E-state index contributed by atoms with van der Waals surface area (Å²) in [6.07, 6.45) is 4.13. The fourth-order valence-electron chi connectivity index (χ4n) is 4.97. The molecular formula is C24H29N3O3S. The number of aryl methyl sites for hydroxylation is 1. The maximum Gasteiger partial charge on any atom is 0.259 e. The minimum Gasteiger partial charge on any atom is -0.493 e. The SMILES string of the molecule is COc1cc2c(cc1OC)CN(C(C)c1nc3sc4c(c3c(=O)[nH]1)CCC(C)C4)CC2. The average molecular weight is 440 g/mol. The predicted octanol–water partition coefficient (Wildman–Crippen LogP) is 4.25. The molecule has 0 spiro atoms. The van der Waals surface area contributed by atoms with Gasteiger partial charge in [-0.05, 0) is 67.3 Å². The molecule has 2 aliphatic rings. The van der Waals surface area contributed by atoms with Gasteiger partial charge in [-0.25, -0.2) is 4.98 Å². The molecule has 2 unspecified atom stereocenters. The van der Waals surface area contributed by atoms with E-state index in [4.69, 9.17) is 14.5 Å². The molecule has 5 rings (SSSR count). The summed E-state index contributed by atoms with van der Waals surface area (Å²) in [4.78, 5) is 25.7. The van der Waals surface area contributed by atoms with Crippen molar-refractivity contribution in [2.24, 2.45) is 5.92 Å². The standard InChI is InChI=1S/C24H29N3O3S/c1-13-5-6-17-20(9-13)31-24-21(17)23(28)25-22(26-24)14(2)27-8-7-15-10-18(29-3)19(30-4)11-16(15)12-27/h10-11,13-14H,5-9,12H2,1-4H3,(H,25,26,28). The van der Waals surface area contributed by atoms with Gasteiger partial charge in [-0.15, -0.1) is 11.3 Å². The topological polar surface area (TPSA) is 67.5 Å². The molecule has 164 valence electrons. The Morgan fingerprint density at radius 2 is 1.94 bits per heavy atom. The molecule has 1 N–H and O–H groups in total. The Morgan fingerprint density at radius 3 is 2.68 bits per heavy atom. The Hall–Kier alpha value is -2.38. The van der Waals surface area contributed by atoms with Gasteiger partial charge in [0.15, 0.2) is 11.5 Å². The number of methoxy groups -OCH3 is 2. The molecule has 6 nitrogen and oxygen atoms in total. The molecule has 1 aromatic carbocycles. The van der Waals surface area contributed by atoms with Crippen molar-refractivity contribution in [1.82, 2.24) is 14.9 Å². The Bertz CT molecular complexity index is 1200. The molecule has 0 amide bonds. The van der Waals surface area contributed by atoms with Gasteiger partial charge in [0.05, 0.1) is 25.6 Å². The Morgan fingerprint density at radius 1 is 1.19 bits per heavy atom. The summed E-state index contributed by atoms with van der Waals surface area (Å²) < 4.78 is 10.9. The fraction of sp³-hybridized carbons (Fsp3) is 0.500. The first-order valence-corrected chi connectivity index (χ1v) is 11.8. The smallest absolute Gasteiger partial charge is 0.259 e. The van der Waals surface area contributed by atoms with Gasteiger partial charge in [0.25, 0.3) is 5.56 Å². The molecule has 0 bridgehead atoms. The third-order valence-corrected chi connectivity index (χ3v) is 8.02. The number of nitrogens with one attached hydrogen (secondary N) is 1. The van der Waals surface area contributed by atoms with Crippen molar-refractivity contribution in [3.8, 4) is 11.5 Å². The number of hydrogen-bond donors (Lipinski definition) is 1. The van der Waals surface area contributed by atoms with Gasteiger partial charge in [0.1, 0.15) is 10.7 Å². The van der Waals surface area contributed by atoms with Gasteiger partial charge < -0.3 is 14.5 Å². The van der Waals surface area contributed by atoms with E-state index >= 15 is 0 Å². The minimum absolute atomic E-state index is 0.0164. The van der Waals surface area contributed by atoms with Crippen molar-refractivity contribution in [3.05, 3.63) is 49.9 Å². The van der Waals surface area contributed by atoms with E-state index < -0.39 is 0 Å². The van der Waals surface area contributed by atoms with Gasteiger partial charge >= 0.3 is 0 Å². The number of nitrogens with zero attached hydrogens (tertiary/aromatic N) is 2. The maximum atomic E-state index is 13.0. The molecule has 7 heteroatoms. The minimum atomic E-state index is 0.0164. The number of hydrogen-bond acceptors (Lipinski definition) is 6. The molecule has 3 heterocycles. The van der Waals surface area contributed by atoms with Gasteiger partial charge in [-0.1, -0.05) is 6.92 Å². The third-order valence-electron chi connectivity index (χ3n) is 6.87. The molecule has 2 aromatic heterocycles. The zero-order valence-corrected chi connectivity index (χ0v) is 19.4. The van der Waals surface area contributed by atoms with Crippen molar-refractivity contribution >= 4 is 21.6 Å². The van der Waals surface area contributed by atoms with Crippen molar-refractivity contribution in [1.29, 1.82) is 0 Å². The first kappa shape index (κ1) is 20.5. The summed E-state index contributed by atoms with van der Waals surface area (Å²) in [6, 6.07) is 4.18. The van der Waals surface area contributed by atoms with Crippen LogP contribution in [-0.2, 0) is 25.8 Å². The van der Waals surface area contributed by atoms with Crippen LogP contribution in [0.1, 0.15) is 53.7 Å².